The van der Waals surface area contributed by atoms with E-state index in [9.17, 15) is 4.79 Å². The van der Waals surface area contributed by atoms with Gasteiger partial charge in [-0.3, -0.25) is 0 Å². The van der Waals surface area contributed by atoms with Gasteiger partial charge in [0.1, 0.15) is 11.6 Å². The Balaban J connectivity index is 1.92. The lowest BCUT2D eigenvalue weighted by molar-refractivity contribution is 0.193. The molecule has 12 nitrogen and oxygen atoms in total. The first-order chi connectivity index (χ1) is 21.5. The van der Waals surface area contributed by atoms with Crippen molar-refractivity contribution in [1.29, 1.82) is 0 Å². The van der Waals surface area contributed by atoms with Gasteiger partial charge in [-0.2, -0.15) is 4.98 Å². The minimum atomic E-state index is -1.04. The summed E-state index contributed by atoms with van der Waals surface area (Å²) in [6, 6.07) is 10.0. The average Bonchev–Trinajstić information content (AvgIpc) is 3.01. The largest absolute Gasteiger partial charge is 0.496 e. The Morgan fingerprint density at radius 3 is 2.31 bits per heavy atom. The van der Waals surface area contributed by atoms with E-state index >= 15 is 0 Å². The normalized spacial score (nSPS) is 14.5. The van der Waals surface area contributed by atoms with E-state index in [2.05, 4.69) is 52.6 Å². The highest BCUT2D eigenvalue weighted by atomic mass is 16.5. The fourth-order valence-electron chi connectivity index (χ4n) is 5.91. The van der Waals surface area contributed by atoms with Crippen LogP contribution in [0.4, 0.5) is 22.2 Å². The van der Waals surface area contributed by atoms with Crippen LogP contribution in [0.5, 0.6) is 17.2 Å². The van der Waals surface area contributed by atoms with Crippen LogP contribution in [-0.2, 0) is 6.54 Å². The highest BCUT2D eigenvalue weighted by Crippen LogP contribution is 2.40. The Hall–Kier alpha value is -4.19. The maximum atomic E-state index is 11.2. The fraction of sp³-hybridized carbons (Fsp3) is 0.545. The number of anilines is 3. The number of amides is 1. The first kappa shape index (κ1) is 33.7. The molecule has 1 atom stereocenters. The number of ether oxygens (including phenoxy) is 3. The van der Waals surface area contributed by atoms with Crippen LogP contribution in [0.15, 0.2) is 30.3 Å². The summed E-state index contributed by atoms with van der Waals surface area (Å²) in [5.41, 5.74) is 2.65. The summed E-state index contributed by atoms with van der Waals surface area (Å²) >= 11 is 0. The van der Waals surface area contributed by atoms with Crippen molar-refractivity contribution < 1.29 is 24.1 Å². The Kier molecular flexibility index (Phi) is 11.0. The van der Waals surface area contributed by atoms with E-state index in [1.807, 2.05) is 38.4 Å². The molecule has 1 unspecified atom stereocenters. The van der Waals surface area contributed by atoms with Crippen molar-refractivity contribution in [2.75, 3.05) is 70.2 Å². The number of hydrogen-bond acceptors (Lipinski definition) is 10. The van der Waals surface area contributed by atoms with Crippen molar-refractivity contribution in [2.45, 2.75) is 58.7 Å². The number of aromatic nitrogens is 2. The Morgan fingerprint density at radius 1 is 1.04 bits per heavy atom. The summed E-state index contributed by atoms with van der Waals surface area (Å²) in [7, 11) is 9.03. The first-order valence-electron chi connectivity index (χ1n) is 15.4. The maximum Gasteiger partial charge on any atom is 0.404 e. The molecule has 1 fully saturated rings. The molecular weight excluding hydrogens is 574 g/mol. The van der Waals surface area contributed by atoms with Crippen molar-refractivity contribution in [3.63, 3.8) is 0 Å². The summed E-state index contributed by atoms with van der Waals surface area (Å²) in [6.07, 6.45) is 1.40. The van der Waals surface area contributed by atoms with Gasteiger partial charge < -0.3 is 45.1 Å². The van der Waals surface area contributed by atoms with E-state index < -0.39 is 6.09 Å². The molecule has 0 radical (unpaired) electrons. The third-order valence-electron chi connectivity index (χ3n) is 8.40. The lowest BCUT2D eigenvalue weighted by Gasteiger charge is -2.38. The highest BCUT2D eigenvalue weighted by Gasteiger charge is 2.30. The third kappa shape index (κ3) is 8.10. The number of carbonyl (C=O) groups is 1. The number of nitrogens with one attached hydrogen (secondary N) is 3. The Morgan fingerprint density at radius 2 is 1.71 bits per heavy atom. The van der Waals surface area contributed by atoms with Gasteiger partial charge in [0.25, 0.3) is 0 Å². The van der Waals surface area contributed by atoms with Crippen LogP contribution in [0.25, 0.3) is 10.9 Å². The van der Waals surface area contributed by atoms with Crippen LogP contribution in [0.2, 0.25) is 0 Å². The molecule has 1 aliphatic heterocycles. The van der Waals surface area contributed by atoms with Crippen molar-refractivity contribution >= 4 is 34.4 Å². The SMILES string of the molecule is COc1cc2nc(NC(CCNC(=O)O)C(C)(C)C)nc(N(Cc3c(OC)cccc3N(C)C)C3CCNCC3)c2cc1OC. The molecule has 4 N–H and O–H groups in total. The zero-order valence-corrected chi connectivity index (χ0v) is 27.9. The summed E-state index contributed by atoms with van der Waals surface area (Å²) < 4.78 is 17.3. The van der Waals surface area contributed by atoms with Gasteiger partial charge in [0.05, 0.1) is 33.4 Å². The molecule has 1 saturated heterocycles. The van der Waals surface area contributed by atoms with Gasteiger partial charge in [0, 0.05) is 55.4 Å². The molecular formula is C33H49N7O5. The molecule has 246 valence electrons. The lowest BCUT2D eigenvalue weighted by atomic mass is 9.85. The van der Waals surface area contributed by atoms with Gasteiger partial charge in [-0.1, -0.05) is 26.8 Å². The van der Waals surface area contributed by atoms with Crippen molar-refractivity contribution in [2.24, 2.45) is 5.41 Å². The second-order valence-corrected chi connectivity index (χ2v) is 12.6. The van der Waals surface area contributed by atoms with Crippen molar-refractivity contribution in [3.05, 3.63) is 35.9 Å². The van der Waals surface area contributed by atoms with Gasteiger partial charge in [-0.15, -0.1) is 0 Å². The molecule has 0 aliphatic carbocycles. The highest BCUT2D eigenvalue weighted by molar-refractivity contribution is 5.93. The summed E-state index contributed by atoms with van der Waals surface area (Å²) in [4.78, 5) is 25.9. The number of piperidine rings is 1. The number of carboxylic acid groups (broad SMARTS) is 1. The fourth-order valence-corrected chi connectivity index (χ4v) is 5.91. The maximum absolute atomic E-state index is 11.2. The molecule has 1 aromatic heterocycles. The molecule has 4 rings (SSSR count). The Labute approximate surface area is 266 Å². The van der Waals surface area contributed by atoms with E-state index in [1.165, 1.54) is 0 Å². The monoisotopic (exact) mass is 623 g/mol. The van der Waals surface area contributed by atoms with Crippen LogP contribution >= 0.6 is 0 Å². The molecule has 1 aliphatic rings. The minimum absolute atomic E-state index is 0.114. The molecule has 0 saturated carbocycles. The molecule has 45 heavy (non-hydrogen) atoms. The zero-order chi connectivity index (χ0) is 32.7. The van der Waals surface area contributed by atoms with Crippen molar-refractivity contribution in [3.8, 4) is 17.2 Å². The zero-order valence-electron chi connectivity index (χ0n) is 27.9. The van der Waals surface area contributed by atoms with Crippen LogP contribution < -0.4 is 40.0 Å². The van der Waals surface area contributed by atoms with Gasteiger partial charge in [-0.05, 0) is 56.0 Å². The summed E-state index contributed by atoms with van der Waals surface area (Å²) in [5.74, 6) is 3.23. The van der Waals surface area contributed by atoms with E-state index in [-0.39, 0.29) is 17.5 Å². The topological polar surface area (TPSA) is 133 Å². The van der Waals surface area contributed by atoms with E-state index in [4.69, 9.17) is 29.3 Å². The molecule has 0 spiro atoms. The van der Waals surface area contributed by atoms with Gasteiger partial charge >= 0.3 is 6.09 Å². The minimum Gasteiger partial charge on any atom is -0.496 e. The third-order valence-corrected chi connectivity index (χ3v) is 8.40. The molecule has 12 heteroatoms. The smallest absolute Gasteiger partial charge is 0.404 e. The van der Waals surface area contributed by atoms with Crippen LogP contribution in [0.3, 0.4) is 0 Å². The first-order valence-corrected chi connectivity index (χ1v) is 15.4. The van der Waals surface area contributed by atoms with Crippen LogP contribution in [0, 0.1) is 5.41 Å². The van der Waals surface area contributed by atoms with Crippen molar-refractivity contribution in [1.82, 2.24) is 20.6 Å². The quantitative estimate of drug-likeness (QED) is 0.206. The van der Waals surface area contributed by atoms with Gasteiger partial charge in [0.2, 0.25) is 5.95 Å². The summed E-state index contributed by atoms with van der Waals surface area (Å²) in [5, 5.41) is 19.6. The number of fused-ring (bicyclic) bond motifs is 1. The predicted octanol–water partition coefficient (Wildman–Crippen LogP) is 4.96. The summed E-state index contributed by atoms with van der Waals surface area (Å²) in [6.45, 7) is 9.03. The lowest BCUT2D eigenvalue weighted by Crippen LogP contribution is -2.44. The molecule has 0 bridgehead atoms. The van der Waals surface area contributed by atoms with Gasteiger partial charge in [-0.25, -0.2) is 9.78 Å². The number of nitrogens with zero attached hydrogens (tertiary/aromatic N) is 4. The number of hydrogen-bond donors (Lipinski definition) is 4. The second kappa shape index (κ2) is 14.7. The van der Waals surface area contributed by atoms with E-state index in [1.54, 1.807) is 21.3 Å². The van der Waals surface area contributed by atoms with Crippen LogP contribution in [0.1, 0.15) is 45.6 Å². The Bertz CT molecular complexity index is 1450. The van der Waals surface area contributed by atoms with E-state index in [0.29, 0.717) is 42.5 Å². The standard InChI is InChI=1S/C33H49N7O5/c1-33(2,3)29(14-17-35-32(41)42)37-31-36-24-19-28(45-8)27(44-7)18-22(24)30(38-31)40(21-12-15-34-16-13-21)20-23-25(39(4)5)10-9-11-26(23)43-6/h9-11,18-19,21,29,34-35H,12-17,20H2,1-8H3,(H,41,42)(H,36,37,38). The number of methoxy groups -OCH3 is 3. The van der Waals surface area contributed by atoms with Gasteiger partial charge in [0.15, 0.2) is 11.5 Å². The molecule has 2 aromatic carbocycles. The average molecular weight is 624 g/mol. The molecule has 1 amide bonds. The molecule has 3 aromatic rings. The number of rotatable bonds is 13. The van der Waals surface area contributed by atoms with E-state index in [0.717, 1.165) is 54.1 Å². The second-order valence-electron chi connectivity index (χ2n) is 12.6. The predicted molar refractivity (Wildman–Crippen MR) is 180 cm³/mol. The molecule has 2 heterocycles. The van der Waals surface area contributed by atoms with Crippen LogP contribution in [-0.4, -0.2) is 88.3 Å². The number of benzene rings is 2.